The highest BCUT2D eigenvalue weighted by Gasteiger charge is 1.94. The second-order valence-electron chi connectivity index (χ2n) is 8.70. The molecular formula is C25H56N4. The van der Waals surface area contributed by atoms with Crippen LogP contribution in [0.25, 0.3) is 0 Å². The monoisotopic (exact) mass is 412 g/mol. The number of unbranched alkanes of at least 4 members (excludes halogenated alkanes) is 13. The van der Waals surface area contributed by atoms with Gasteiger partial charge in [0.1, 0.15) is 0 Å². The number of hydrogen-bond donors (Lipinski definition) is 4. The average molecular weight is 413 g/mol. The third kappa shape index (κ3) is 27.8. The van der Waals surface area contributed by atoms with Crippen molar-refractivity contribution in [3.8, 4) is 0 Å². The molecule has 29 heavy (non-hydrogen) atoms. The Labute approximate surface area is 183 Å². The Hall–Kier alpha value is -0.160. The third-order valence-corrected chi connectivity index (χ3v) is 5.68. The molecule has 0 bridgehead atoms. The quantitative estimate of drug-likeness (QED) is 0.144. The van der Waals surface area contributed by atoms with Crippen LogP contribution >= 0.6 is 0 Å². The van der Waals surface area contributed by atoms with Gasteiger partial charge in [-0.3, -0.25) is 0 Å². The molecule has 0 aliphatic heterocycles. The van der Waals surface area contributed by atoms with Crippen LogP contribution in [0.2, 0.25) is 0 Å². The fraction of sp³-hybridized carbons (Fsp3) is 1.00. The van der Waals surface area contributed by atoms with E-state index in [9.17, 15) is 0 Å². The number of nitrogens with two attached hydrogens (primary N) is 1. The molecule has 0 rings (SSSR count). The molecule has 0 saturated heterocycles. The summed E-state index contributed by atoms with van der Waals surface area (Å²) in [5.41, 5.74) is 5.49. The lowest BCUT2D eigenvalue weighted by molar-refractivity contribution is 0.527. The average Bonchev–Trinajstić information content (AvgIpc) is 2.74. The summed E-state index contributed by atoms with van der Waals surface area (Å²) < 4.78 is 0. The molecule has 0 aromatic rings. The van der Waals surface area contributed by atoms with Crippen molar-refractivity contribution in [2.45, 2.75) is 116 Å². The zero-order chi connectivity index (χ0) is 21.1. The van der Waals surface area contributed by atoms with E-state index >= 15 is 0 Å². The van der Waals surface area contributed by atoms with Crippen molar-refractivity contribution >= 4 is 0 Å². The first-order valence-corrected chi connectivity index (χ1v) is 13.2. The van der Waals surface area contributed by atoms with Gasteiger partial charge in [-0.05, 0) is 90.8 Å². The van der Waals surface area contributed by atoms with Crippen molar-refractivity contribution in [2.75, 3.05) is 45.8 Å². The van der Waals surface area contributed by atoms with Gasteiger partial charge in [0.2, 0.25) is 0 Å². The van der Waals surface area contributed by atoms with Crippen LogP contribution in [0.3, 0.4) is 0 Å². The lowest BCUT2D eigenvalue weighted by Gasteiger charge is -2.07. The molecule has 176 valence electrons. The predicted octanol–water partition coefficient (Wildman–Crippen LogP) is 5.37. The van der Waals surface area contributed by atoms with Crippen LogP contribution in [0.4, 0.5) is 0 Å². The SMILES string of the molecule is CCCCCCCCCCCCCNCCCCNCCCCNCCCCN. The molecule has 4 nitrogen and oxygen atoms in total. The molecule has 0 amide bonds. The molecular weight excluding hydrogens is 356 g/mol. The van der Waals surface area contributed by atoms with Crippen molar-refractivity contribution in [3.63, 3.8) is 0 Å². The minimum absolute atomic E-state index is 0.820. The zero-order valence-corrected chi connectivity index (χ0v) is 20.0. The van der Waals surface area contributed by atoms with E-state index in [1.54, 1.807) is 0 Å². The largest absolute Gasteiger partial charge is 0.330 e. The molecule has 0 aliphatic carbocycles. The molecule has 0 spiro atoms. The highest BCUT2D eigenvalue weighted by Crippen LogP contribution is 2.11. The summed E-state index contributed by atoms with van der Waals surface area (Å²) >= 11 is 0. The molecule has 5 N–H and O–H groups in total. The van der Waals surface area contributed by atoms with Gasteiger partial charge in [-0.15, -0.1) is 0 Å². The number of rotatable bonds is 26. The fourth-order valence-electron chi connectivity index (χ4n) is 3.68. The normalized spacial score (nSPS) is 11.4. The standard InChI is InChI=1S/C25H56N4/c1-2-3-4-5-6-7-8-9-10-11-13-20-27-22-15-17-24-29-25-18-16-23-28-21-14-12-19-26/h27-29H,2-26H2,1H3. The Morgan fingerprint density at radius 3 is 1.00 bits per heavy atom. The highest BCUT2D eigenvalue weighted by atomic mass is 14.9. The van der Waals surface area contributed by atoms with Crippen LogP contribution in [0.15, 0.2) is 0 Å². The van der Waals surface area contributed by atoms with E-state index in [2.05, 4.69) is 22.9 Å². The van der Waals surface area contributed by atoms with Crippen LogP contribution in [0.1, 0.15) is 116 Å². The summed E-state index contributed by atoms with van der Waals surface area (Å²) in [5.74, 6) is 0. The highest BCUT2D eigenvalue weighted by molar-refractivity contribution is 4.55. The van der Waals surface area contributed by atoms with Gasteiger partial charge in [-0.2, -0.15) is 0 Å². The van der Waals surface area contributed by atoms with Gasteiger partial charge >= 0.3 is 0 Å². The minimum Gasteiger partial charge on any atom is -0.330 e. The first kappa shape index (κ1) is 28.8. The maximum Gasteiger partial charge on any atom is -0.00484 e. The Bertz CT molecular complexity index is 248. The van der Waals surface area contributed by atoms with Gasteiger partial charge < -0.3 is 21.7 Å². The van der Waals surface area contributed by atoms with Crippen molar-refractivity contribution in [1.29, 1.82) is 0 Å². The molecule has 0 saturated carbocycles. The fourth-order valence-corrected chi connectivity index (χ4v) is 3.68. The van der Waals surface area contributed by atoms with Crippen LogP contribution in [-0.2, 0) is 0 Å². The van der Waals surface area contributed by atoms with Crippen LogP contribution in [-0.4, -0.2) is 45.8 Å². The van der Waals surface area contributed by atoms with E-state index in [1.807, 2.05) is 0 Å². The second-order valence-corrected chi connectivity index (χ2v) is 8.70. The van der Waals surface area contributed by atoms with Crippen LogP contribution < -0.4 is 21.7 Å². The number of hydrogen-bond acceptors (Lipinski definition) is 4. The van der Waals surface area contributed by atoms with E-state index < -0.39 is 0 Å². The molecule has 0 fully saturated rings. The summed E-state index contributed by atoms with van der Waals surface area (Å²) in [6, 6.07) is 0. The van der Waals surface area contributed by atoms with E-state index in [-0.39, 0.29) is 0 Å². The summed E-state index contributed by atoms with van der Waals surface area (Å²) in [6.07, 6.45) is 23.2. The van der Waals surface area contributed by atoms with Crippen molar-refractivity contribution in [3.05, 3.63) is 0 Å². The van der Waals surface area contributed by atoms with E-state index in [0.717, 1.165) is 32.6 Å². The summed E-state index contributed by atoms with van der Waals surface area (Å²) in [5, 5.41) is 10.7. The van der Waals surface area contributed by atoms with Crippen molar-refractivity contribution in [1.82, 2.24) is 16.0 Å². The predicted molar refractivity (Wildman–Crippen MR) is 132 cm³/mol. The molecule has 0 atom stereocenters. The molecule has 0 radical (unpaired) electrons. The molecule has 0 aliphatic rings. The van der Waals surface area contributed by atoms with Crippen molar-refractivity contribution < 1.29 is 0 Å². The zero-order valence-electron chi connectivity index (χ0n) is 20.0. The molecule has 4 heteroatoms. The molecule has 0 aromatic carbocycles. The lowest BCUT2D eigenvalue weighted by Crippen LogP contribution is -2.22. The maximum absolute atomic E-state index is 5.49. The van der Waals surface area contributed by atoms with Gasteiger partial charge in [0.25, 0.3) is 0 Å². The van der Waals surface area contributed by atoms with Crippen LogP contribution in [0.5, 0.6) is 0 Å². The molecule has 0 aromatic heterocycles. The van der Waals surface area contributed by atoms with Gasteiger partial charge in [-0.1, -0.05) is 71.1 Å². The Morgan fingerprint density at radius 1 is 0.379 bits per heavy atom. The van der Waals surface area contributed by atoms with Gasteiger partial charge in [0.05, 0.1) is 0 Å². The topological polar surface area (TPSA) is 62.1 Å². The Balaban J connectivity index is 2.97. The lowest BCUT2D eigenvalue weighted by atomic mass is 10.1. The van der Waals surface area contributed by atoms with Gasteiger partial charge in [0.15, 0.2) is 0 Å². The number of nitrogens with one attached hydrogen (secondary N) is 3. The van der Waals surface area contributed by atoms with Crippen molar-refractivity contribution in [2.24, 2.45) is 5.73 Å². The third-order valence-electron chi connectivity index (χ3n) is 5.68. The van der Waals surface area contributed by atoms with E-state index in [1.165, 1.54) is 122 Å². The van der Waals surface area contributed by atoms with Gasteiger partial charge in [0, 0.05) is 0 Å². The van der Waals surface area contributed by atoms with Gasteiger partial charge in [-0.25, -0.2) is 0 Å². The summed E-state index contributed by atoms with van der Waals surface area (Å²) in [4.78, 5) is 0. The Morgan fingerprint density at radius 2 is 0.655 bits per heavy atom. The first-order valence-electron chi connectivity index (χ1n) is 13.2. The first-order chi connectivity index (χ1) is 14.4. The summed E-state index contributed by atoms with van der Waals surface area (Å²) in [6.45, 7) is 10.1. The minimum atomic E-state index is 0.820. The van der Waals surface area contributed by atoms with Crippen LogP contribution in [0, 0.1) is 0 Å². The smallest absolute Gasteiger partial charge is 0.00484 e. The maximum atomic E-state index is 5.49. The van der Waals surface area contributed by atoms with E-state index in [0.29, 0.717) is 0 Å². The molecule has 0 unspecified atom stereocenters. The summed E-state index contributed by atoms with van der Waals surface area (Å²) in [7, 11) is 0. The van der Waals surface area contributed by atoms with E-state index in [4.69, 9.17) is 5.73 Å². The molecule has 0 heterocycles. The second kappa shape index (κ2) is 27.8. The Kier molecular flexibility index (Phi) is 27.7.